The lowest BCUT2D eigenvalue weighted by Crippen LogP contribution is -2.63. The number of carbonyl (C=O) groups excluding carboxylic acids is 7. The van der Waals surface area contributed by atoms with Gasteiger partial charge in [0.25, 0.3) is 5.91 Å². The van der Waals surface area contributed by atoms with E-state index in [4.69, 9.17) is 33.2 Å². The highest BCUT2D eigenvalue weighted by atomic mass is 16.7. The number of benzene rings is 1. The molecule has 49 heavy (non-hydrogen) atoms. The van der Waals surface area contributed by atoms with Gasteiger partial charge in [-0.25, -0.2) is 4.79 Å². The fourth-order valence-electron chi connectivity index (χ4n) is 5.42. The Bertz CT molecular complexity index is 1380. The van der Waals surface area contributed by atoms with Gasteiger partial charge in [0.1, 0.15) is 25.4 Å². The van der Waals surface area contributed by atoms with Crippen molar-refractivity contribution in [3.05, 3.63) is 35.9 Å². The van der Waals surface area contributed by atoms with E-state index in [0.717, 1.165) is 38.2 Å². The number of esters is 5. The number of rotatable bonds is 14. The molecular formula is C33H44N2O14. The molecule has 0 aliphatic carbocycles. The van der Waals surface area contributed by atoms with Gasteiger partial charge < -0.3 is 38.1 Å². The Hall–Kier alpha value is -4.57. The van der Waals surface area contributed by atoms with E-state index < -0.39 is 90.7 Å². The quantitative estimate of drug-likeness (QED) is 0.119. The topological polar surface area (TPSA) is 191 Å². The van der Waals surface area contributed by atoms with Crippen LogP contribution in [0.2, 0.25) is 0 Å². The van der Waals surface area contributed by atoms with Crippen molar-refractivity contribution in [2.45, 2.75) is 110 Å². The molecule has 0 saturated carbocycles. The van der Waals surface area contributed by atoms with Gasteiger partial charge in [0.2, 0.25) is 0 Å². The highest BCUT2D eigenvalue weighted by molar-refractivity contribution is 6.06. The minimum Gasteiger partial charge on any atom is -0.463 e. The molecule has 1 aromatic carbocycles. The largest absolute Gasteiger partial charge is 0.463 e. The minimum absolute atomic E-state index is 0.00133. The van der Waals surface area contributed by atoms with Crippen LogP contribution >= 0.6 is 0 Å². The molecule has 270 valence electrons. The van der Waals surface area contributed by atoms with Crippen molar-refractivity contribution >= 4 is 41.8 Å². The minimum atomic E-state index is -1.42. The van der Waals surface area contributed by atoms with Gasteiger partial charge in [-0.3, -0.25) is 33.7 Å². The van der Waals surface area contributed by atoms with Crippen molar-refractivity contribution in [2.75, 3.05) is 19.8 Å². The average Bonchev–Trinajstić information content (AvgIpc) is 3.23. The molecule has 0 bridgehead atoms. The van der Waals surface area contributed by atoms with E-state index in [2.05, 4.69) is 0 Å². The first-order chi connectivity index (χ1) is 23.0. The second-order valence-corrected chi connectivity index (χ2v) is 12.5. The zero-order valence-electron chi connectivity index (χ0n) is 28.7. The molecule has 2 fully saturated rings. The van der Waals surface area contributed by atoms with Gasteiger partial charge in [-0.05, 0) is 32.8 Å². The maximum atomic E-state index is 13.5. The van der Waals surface area contributed by atoms with Gasteiger partial charge in [-0.15, -0.1) is 0 Å². The molecule has 16 heteroatoms. The smallest absolute Gasteiger partial charge is 0.327 e. The predicted molar refractivity (Wildman–Crippen MR) is 166 cm³/mol. The summed E-state index contributed by atoms with van der Waals surface area (Å²) in [5, 5.41) is 0. The van der Waals surface area contributed by atoms with Gasteiger partial charge in [0, 0.05) is 39.8 Å². The molecule has 0 radical (unpaired) electrons. The Balaban J connectivity index is 1.76. The standard InChI is InChI=1S/C33H44N2O14/c1-19(36)44-18-25-27(46-20(2)37)28(47-21(3)38)29(48-22(4)39)31(49-25)43-15-11-14-34-24(30(41)35(32(34)42)33(5,6)7)16-26(40)45-17-23-12-9-8-10-13-23/h8-10,12-13,24-25,27-29,31H,11,14-18H2,1-7H3/t24?,25-,27-,28+,29-,31-/m1/s1. The zero-order valence-corrected chi connectivity index (χ0v) is 28.7. The van der Waals surface area contributed by atoms with Crippen LogP contribution in [0.5, 0.6) is 0 Å². The molecule has 6 atom stereocenters. The van der Waals surface area contributed by atoms with Crippen molar-refractivity contribution < 1.29 is 66.7 Å². The molecule has 2 heterocycles. The molecule has 1 unspecified atom stereocenters. The third-order valence-electron chi connectivity index (χ3n) is 7.37. The van der Waals surface area contributed by atoms with Gasteiger partial charge in [-0.1, -0.05) is 30.3 Å². The van der Waals surface area contributed by atoms with E-state index in [1.807, 2.05) is 6.07 Å². The molecule has 2 aliphatic rings. The van der Waals surface area contributed by atoms with Crippen LogP contribution in [0.3, 0.4) is 0 Å². The molecule has 1 aromatic rings. The second kappa shape index (κ2) is 17.2. The number of amides is 3. The van der Waals surface area contributed by atoms with Crippen molar-refractivity contribution in [1.82, 2.24) is 9.80 Å². The number of urea groups is 1. The summed E-state index contributed by atoms with van der Waals surface area (Å²) in [5.41, 5.74) is -0.114. The first-order valence-electron chi connectivity index (χ1n) is 15.8. The van der Waals surface area contributed by atoms with Gasteiger partial charge in [0.15, 0.2) is 24.6 Å². The number of ether oxygens (including phenoxy) is 7. The molecule has 3 amide bonds. The Labute approximate surface area is 284 Å². The monoisotopic (exact) mass is 692 g/mol. The number of imide groups is 1. The molecule has 2 aliphatic heterocycles. The summed E-state index contributed by atoms with van der Waals surface area (Å²) in [5.74, 6) is -4.22. The van der Waals surface area contributed by atoms with Crippen molar-refractivity contribution in [3.8, 4) is 0 Å². The summed E-state index contributed by atoms with van der Waals surface area (Å²) in [4.78, 5) is 89.7. The maximum Gasteiger partial charge on any atom is 0.327 e. The van der Waals surface area contributed by atoms with Crippen LogP contribution in [0.25, 0.3) is 0 Å². The van der Waals surface area contributed by atoms with Crippen LogP contribution in [-0.2, 0) is 68.5 Å². The number of hydrogen-bond acceptors (Lipinski definition) is 14. The first-order valence-corrected chi connectivity index (χ1v) is 15.8. The van der Waals surface area contributed by atoms with Crippen LogP contribution in [-0.4, -0.2) is 114 Å². The normalized spacial score (nSPS) is 23.9. The van der Waals surface area contributed by atoms with Gasteiger partial charge in [0.05, 0.1) is 13.0 Å². The van der Waals surface area contributed by atoms with Gasteiger partial charge in [-0.2, -0.15) is 0 Å². The molecule has 16 nitrogen and oxygen atoms in total. The molecule has 0 N–H and O–H groups in total. The Kier molecular flexibility index (Phi) is 13.6. The molecule has 0 spiro atoms. The molecule has 2 saturated heterocycles. The fourth-order valence-corrected chi connectivity index (χ4v) is 5.42. The first kappa shape index (κ1) is 38.9. The third kappa shape index (κ3) is 11.0. The van der Waals surface area contributed by atoms with Crippen molar-refractivity contribution in [1.29, 1.82) is 0 Å². The van der Waals surface area contributed by atoms with Crippen LogP contribution in [0, 0.1) is 0 Å². The Morgan fingerprint density at radius 2 is 1.39 bits per heavy atom. The number of carbonyl (C=O) groups is 7. The summed E-state index contributed by atoms with van der Waals surface area (Å²) in [6.45, 7) is 8.98. The number of hydrogen-bond donors (Lipinski definition) is 0. The predicted octanol–water partition coefficient (Wildman–Crippen LogP) is 2.04. The maximum absolute atomic E-state index is 13.5. The number of nitrogens with zero attached hydrogens (tertiary/aromatic N) is 2. The third-order valence-corrected chi connectivity index (χ3v) is 7.37. The lowest BCUT2D eigenvalue weighted by molar-refractivity contribution is -0.308. The van der Waals surface area contributed by atoms with Crippen LogP contribution in [0.15, 0.2) is 30.3 Å². The van der Waals surface area contributed by atoms with E-state index in [1.54, 1.807) is 45.0 Å². The van der Waals surface area contributed by atoms with Crippen LogP contribution in [0.1, 0.15) is 66.9 Å². The average molecular weight is 693 g/mol. The SMILES string of the molecule is CC(=O)OC[C@H]1O[C@@H](OCCCN2C(=O)N(C(C)(C)C)C(=O)C2CC(=O)OCc2ccccc2)[C@H](OC(C)=O)[C@@H](OC(C)=O)[C@@H]1OC(C)=O. The van der Waals surface area contributed by atoms with Crippen LogP contribution < -0.4 is 0 Å². The van der Waals surface area contributed by atoms with E-state index >= 15 is 0 Å². The van der Waals surface area contributed by atoms with E-state index in [1.165, 1.54) is 4.90 Å². The van der Waals surface area contributed by atoms with Crippen molar-refractivity contribution in [2.24, 2.45) is 0 Å². The fraction of sp³-hybridized carbons (Fsp3) is 0.606. The summed E-state index contributed by atoms with van der Waals surface area (Å²) in [6.07, 6.45) is -7.04. The molecular weight excluding hydrogens is 648 g/mol. The van der Waals surface area contributed by atoms with E-state index in [9.17, 15) is 33.6 Å². The van der Waals surface area contributed by atoms with Crippen molar-refractivity contribution in [3.63, 3.8) is 0 Å². The summed E-state index contributed by atoms with van der Waals surface area (Å²) >= 11 is 0. The summed E-state index contributed by atoms with van der Waals surface area (Å²) in [7, 11) is 0. The lowest BCUT2D eigenvalue weighted by Gasteiger charge is -2.44. The highest BCUT2D eigenvalue weighted by Crippen LogP contribution is 2.31. The van der Waals surface area contributed by atoms with E-state index in [0.29, 0.717) is 0 Å². The second-order valence-electron chi connectivity index (χ2n) is 12.5. The summed E-state index contributed by atoms with van der Waals surface area (Å²) in [6, 6.07) is 7.29. The lowest BCUT2D eigenvalue weighted by atomic mass is 9.98. The Morgan fingerprint density at radius 3 is 1.96 bits per heavy atom. The van der Waals surface area contributed by atoms with Crippen LogP contribution in [0.4, 0.5) is 4.79 Å². The Morgan fingerprint density at radius 1 is 0.796 bits per heavy atom. The molecule has 3 rings (SSSR count). The zero-order chi connectivity index (χ0) is 36.5. The van der Waals surface area contributed by atoms with E-state index in [-0.39, 0.29) is 32.6 Å². The highest BCUT2D eigenvalue weighted by Gasteiger charge is 2.53. The summed E-state index contributed by atoms with van der Waals surface area (Å²) < 4.78 is 38.5. The molecule has 0 aromatic heterocycles. The van der Waals surface area contributed by atoms with Gasteiger partial charge >= 0.3 is 35.9 Å².